The number of benzene rings is 2. The van der Waals surface area contributed by atoms with Crippen molar-refractivity contribution in [3.8, 4) is 11.5 Å². The monoisotopic (exact) mass is 315 g/mol. The zero-order valence-corrected chi connectivity index (χ0v) is 12.9. The van der Waals surface area contributed by atoms with E-state index in [2.05, 4.69) is 4.74 Å². The number of hydrogen-bond acceptors (Lipinski definition) is 4. The van der Waals surface area contributed by atoms with E-state index in [1.807, 2.05) is 41.0 Å². The van der Waals surface area contributed by atoms with Gasteiger partial charge in [-0.3, -0.25) is 0 Å². The first-order valence-corrected chi connectivity index (χ1v) is 7.13. The molecule has 23 heavy (non-hydrogen) atoms. The number of fused-ring (bicyclic) bond motifs is 3. The number of aromatic nitrogens is 1. The van der Waals surface area contributed by atoms with Gasteiger partial charge in [0.1, 0.15) is 18.1 Å². The summed E-state index contributed by atoms with van der Waals surface area (Å²) in [5, 5.41) is 10.7. The first kappa shape index (κ1) is 15.0. The van der Waals surface area contributed by atoms with Gasteiger partial charge in [-0.25, -0.2) is 4.79 Å². The molecule has 6 nitrogen and oxygen atoms in total. The van der Waals surface area contributed by atoms with E-state index in [0.29, 0.717) is 6.54 Å². The topological polar surface area (TPSA) is 69.9 Å². The summed E-state index contributed by atoms with van der Waals surface area (Å²) in [5.74, 6) is 1.53. The van der Waals surface area contributed by atoms with Crippen molar-refractivity contribution in [2.75, 3.05) is 20.8 Å². The van der Waals surface area contributed by atoms with Gasteiger partial charge >= 0.3 is 6.16 Å². The molecule has 0 atom stereocenters. The van der Waals surface area contributed by atoms with Crippen LogP contribution in [-0.2, 0) is 11.3 Å². The fraction of sp³-hybridized carbons (Fsp3) is 0.235. The lowest BCUT2D eigenvalue weighted by Crippen LogP contribution is -2.09. The Kier molecular flexibility index (Phi) is 3.97. The lowest BCUT2D eigenvalue weighted by molar-refractivity contribution is 0.0891. The molecular formula is C17H17NO5. The lowest BCUT2D eigenvalue weighted by Gasteiger charge is -2.07. The van der Waals surface area contributed by atoms with Gasteiger partial charge in [0.25, 0.3) is 0 Å². The third-order valence-corrected chi connectivity index (χ3v) is 3.82. The van der Waals surface area contributed by atoms with Crippen LogP contribution >= 0.6 is 0 Å². The highest BCUT2D eigenvalue weighted by molar-refractivity contribution is 6.09. The molecule has 0 saturated heterocycles. The molecule has 0 bridgehead atoms. The second kappa shape index (κ2) is 6.08. The predicted molar refractivity (Wildman–Crippen MR) is 86.5 cm³/mol. The van der Waals surface area contributed by atoms with E-state index in [0.717, 1.165) is 33.3 Å². The quantitative estimate of drug-likeness (QED) is 0.730. The highest BCUT2D eigenvalue weighted by Crippen LogP contribution is 2.33. The molecule has 0 aliphatic heterocycles. The largest absolute Gasteiger partial charge is 0.505 e. The van der Waals surface area contributed by atoms with E-state index in [1.54, 1.807) is 14.2 Å². The third-order valence-electron chi connectivity index (χ3n) is 3.82. The average molecular weight is 315 g/mol. The van der Waals surface area contributed by atoms with Crippen LogP contribution in [0.1, 0.15) is 0 Å². The zero-order valence-electron chi connectivity index (χ0n) is 12.9. The van der Waals surface area contributed by atoms with Gasteiger partial charge in [-0.15, -0.1) is 0 Å². The van der Waals surface area contributed by atoms with Crippen LogP contribution in [0.4, 0.5) is 4.79 Å². The van der Waals surface area contributed by atoms with Gasteiger partial charge in [0.2, 0.25) is 0 Å². The van der Waals surface area contributed by atoms with Crippen molar-refractivity contribution in [2.45, 2.75) is 6.54 Å². The van der Waals surface area contributed by atoms with Gasteiger partial charge in [0.05, 0.1) is 20.8 Å². The minimum absolute atomic E-state index is 0.0896. The van der Waals surface area contributed by atoms with Crippen molar-refractivity contribution < 1.29 is 24.1 Å². The Morgan fingerprint density at radius 2 is 1.52 bits per heavy atom. The molecule has 0 amide bonds. The van der Waals surface area contributed by atoms with Crippen LogP contribution in [-0.4, -0.2) is 36.7 Å². The minimum Gasteiger partial charge on any atom is -0.497 e. The highest BCUT2D eigenvalue weighted by Gasteiger charge is 2.13. The van der Waals surface area contributed by atoms with Crippen LogP contribution in [0.5, 0.6) is 11.5 Å². The number of hydrogen-bond donors (Lipinski definition) is 1. The van der Waals surface area contributed by atoms with Gasteiger partial charge in [0, 0.05) is 21.8 Å². The molecule has 1 heterocycles. The molecule has 6 heteroatoms. The van der Waals surface area contributed by atoms with E-state index in [9.17, 15) is 4.79 Å². The third kappa shape index (κ3) is 2.75. The zero-order chi connectivity index (χ0) is 16.4. The van der Waals surface area contributed by atoms with E-state index >= 15 is 0 Å². The maximum atomic E-state index is 10.6. The van der Waals surface area contributed by atoms with Gasteiger partial charge in [-0.1, -0.05) is 0 Å². The summed E-state index contributed by atoms with van der Waals surface area (Å²) in [4.78, 5) is 10.6. The average Bonchev–Trinajstić information content (AvgIpc) is 2.87. The smallest absolute Gasteiger partial charge is 0.497 e. The molecule has 2 aromatic carbocycles. The fourth-order valence-electron chi connectivity index (χ4n) is 2.78. The molecule has 1 aromatic heterocycles. The maximum Gasteiger partial charge on any atom is 0.505 e. The van der Waals surface area contributed by atoms with Gasteiger partial charge in [-0.2, -0.15) is 0 Å². The summed E-state index contributed by atoms with van der Waals surface area (Å²) < 4.78 is 17.3. The summed E-state index contributed by atoms with van der Waals surface area (Å²) in [6, 6.07) is 11.6. The molecule has 0 fully saturated rings. The standard InChI is InChI=1S/C17H17NO5/c1-21-11-3-5-15-13(9-11)14-10-12(22-2)4-6-16(14)18(15)7-8-23-17(19)20/h3-6,9-10H,7-8H2,1-2H3,(H,19,20). The molecule has 120 valence electrons. The number of methoxy groups -OCH3 is 2. The molecule has 1 N–H and O–H groups in total. The van der Waals surface area contributed by atoms with E-state index in [-0.39, 0.29) is 6.61 Å². The number of nitrogens with zero attached hydrogens (tertiary/aromatic N) is 1. The summed E-state index contributed by atoms with van der Waals surface area (Å²) >= 11 is 0. The Morgan fingerprint density at radius 3 is 1.96 bits per heavy atom. The van der Waals surface area contributed by atoms with Crippen LogP contribution in [0.25, 0.3) is 21.8 Å². The molecule has 0 radical (unpaired) electrons. The number of carbonyl (C=O) groups is 1. The van der Waals surface area contributed by atoms with Crippen LogP contribution < -0.4 is 9.47 Å². The molecule has 3 rings (SSSR count). The van der Waals surface area contributed by atoms with Crippen molar-refractivity contribution >= 4 is 28.0 Å². The van der Waals surface area contributed by atoms with Crippen molar-refractivity contribution in [1.29, 1.82) is 0 Å². The Labute approximate surface area is 132 Å². The van der Waals surface area contributed by atoms with Crippen molar-refractivity contribution in [3.63, 3.8) is 0 Å². The fourth-order valence-corrected chi connectivity index (χ4v) is 2.78. The number of ether oxygens (including phenoxy) is 3. The molecule has 3 aromatic rings. The molecular weight excluding hydrogens is 298 g/mol. The van der Waals surface area contributed by atoms with Crippen LogP contribution in [0.3, 0.4) is 0 Å². The summed E-state index contributed by atoms with van der Waals surface area (Å²) in [6.07, 6.45) is -1.27. The molecule has 0 spiro atoms. The normalized spacial score (nSPS) is 10.9. The Hall–Kier alpha value is -2.89. The summed E-state index contributed by atoms with van der Waals surface area (Å²) in [5.41, 5.74) is 1.98. The summed E-state index contributed by atoms with van der Waals surface area (Å²) in [6.45, 7) is 0.525. The second-order valence-electron chi connectivity index (χ2n) is 5.03. The maximum absolute atomic E-state index is 10.6. The first-order chi connectivity index (χ1) is 11.1. The molecule has 0 aliphatic carbocycles. The second-order valence-corrected chi connectivity index (χ2v) is 5.03. The first-order valence-electron chi connectivity index (χ1n) is 7.13. The van der Waals surface area contributed by atoms with Crippen molar-refractivity contribution in [2.24, 2.45) is 0 Å². The Balaban J connectivity index is 2.17. The number of rotatable bonds is 5. The van der Waals surface area contributed by atoms with Crippen molar-refractivity contribution in [1.82, 2.24) is 4.57 Å². The minimum atomic E-state index is -1.27. The van der Waals surface area contributed by atoms with E-state index < -0.39 is 6.16 Å². The summed E-state index contributed by atoms with van der Waals surface area (Å²) in [7, 11) is 3.25. The van der Waals surface area contributed by atoms with E-state index in [4.69, 9.17) is 14.6 Å². The van der Waals surface area contributed by atoms with Crippen LogP contribution in [0.2, 0.25) is 0 Å². The SMILES string of the molecule is COc1ccc2c(c1)c1cc(OC)ccc1n2CCOC(=O)O. The van der Waals surface area contributed by atoms with Crippen LogP contribution in [0.15, 0.2) is 36.4 Å². The van der Waals surface area contributed by atoms with Gasteiger partial charge < -0.3 is 23.9 Å². The van der Waals surface area contributed by atoms with E-state index in [1.165, 1.54) is 0 Å². The van der Waals surface area contributed by atoms with Crippen molar-refractivity contribution in [3.05, 3.63) is 36.4 Å². The Bertz CT molecular complexity index is 807. The molecule has 0 unspecified atom stereocenters. The molecule has 0 aliphatic rings. The lowest BCUT2D eigenvalue weighted by atomic mass is 10.1. The van der Waals surface area contributed by atoms with Crippen LogP contribution in [0, 0.1) is 0 Å². The van der Waals surface area contributed by atoms with Gasteiger partial charge in [0.15, 0.2) is 0 Å². The van der Waals surface area contributed by atoms with Gasteiger partial charge in [-0.05, 0) is 36.4 Å². The Morgan fingerprint density at radius 1 is 1.00 bits per heavy atom. The molecule has 0 saturated carbocycles. The number of carboxylic acid groups (broad SMARTS) is 1. The highest BCUT2D eigenvalue weighted by atomic mass is 16.7. The predicted octanol–water partition coefficient (Wildman–Crippen LogP) is 3.51.